The second-order valence-electron chi connectivity index (χ2n) is 5.35. The fourth-order valence-corrected chi connectivity index (χ4v) is 3.25. The maximum Gasteiger partial charge on any atom is 0.203 e. The average Bonchev–Trinajstić information content (AvgIpc) is 3.18. The van der Waals surface area contributed by atoms with Gasteiger partial charge in [0.25, 0.3) is 0 Å². The average molecular weight is 372 g/mol. The Morgan fingerprint density at radius 2 is 1.42 bits per heavy atom. The molecule has 3 rings (SSSR count). The Hall–Kier alpha value is -2.57. The van der Waals surface area contributed by atoms with Crippen molar-refractivity contribution in [3.05, 3.63) is 48.7 Å². The summed E-state index contributed by atoms with van der Waals surface area (Å²) < 4.78 is 20.6. The van der Waals surface area contributed by atoms with E-state index in [1.54, 1.807) is 21.3 Å². The molecule has 0 fully saturated rings. The van der Waals surface area contributed by atoms with Gasteiger partial charge in [-0.25, -0.2) is 0 Å². The van der Waals surface area contributed by atoms with Gasteiger partial charge in [-0.2, -0.15) is 4.37 Å². The maximum absolute atomic E-state index is 5.44. The predicted octanol–water partition coefficient (Wildman–Crippen LogP) is 4.34. The van der Waals surface area contributed by atoms with E-state index in [0.717, 1.165) is 21.6 Å². The lowest BCUT2D eigenvalue weighted by molar-refractivity contribution is 0.324. The van der Waals surface area contributed by atoms with Crippen molar-refractivity contribution in [3.63, 3.8) is 0 Å². The molecule has 0 bridgehead atoms. The molecule has 2 aromatic carbocycles. The van der Waals surface area contributed by atoms with Crippen LogP contribution >= 0.6 is 11.5 Å². The van der Waals surface area contributed by atoms with Crippen molar-refractivity contribution in [2.75, 3.05) is 35.4 Å². The molecule has 3 aromatic rings. The van der Waals surface area contributed by atoms with Crippen molar-refractivity contribution in [3.8, 4) is 38.8 Å². The molecule has 0 saturated heterocycles. The van der Waals surface area contributed by atoms with E-state index < -0.39 is 0 Å². The molecule has 138 valence electrons. The van der Waals surface area contributed by atoms with Gasteiger partial charge in [-0.05, 0) is 48.9 Å². The summed E-state index contributed by atoms with van der Waals surface area (Å²) in [4.78, 5) is 1.11. The van der Waals surface area contributed by atoms with Gasteiger partial charge in [0, 0.05) is 11.8 Å². The van der Waals surface area contributed by atoms with E-state index in [1.807, 2.05) is 50.6 Å². The smallest absolute Gasteiger partial charge is 0.203 e. The van der Waals surface area contributed by atoms with Gasteiger partial charge < -0.3 is 19.5 Å². The topological polar surface area (TPSA) is 52.6 Å². The lowest BCUT2D eigenvalue weighted by atomic mass is 10.0. The van der Waals surface area contributed by atoms with E-state index >= 15 is 0 Å². The molecule has 0 radical (unpaired) electrons. The molecule has 0 amide bonds. The fraction of sp³-hybridized carbons (Fsp3) is 0.250. The highest BCUT2D eigenvalue weighted by Crippen LogP contribution is 2.44. The minimum Gasteiger partial charge on any atom is -0.493 e. The highest BCUT2D eigenvalue weighted by atomic mass is 32.1. The van der Waals surface area contributed by atoms with Gasteiger partial charge in [-0.3, -0.25) is 0 Å². The summed E-state index contributed by atoms with van der Waals surface area (Å²) in [5.41, 5.74) is 3.16. The molecule has 0 atom stereocenters. The van der Waals surface area contributed by atoms with E-state index in [4.69, 9.17) is 14.2 Å². The molecule has 1 N–H and O–H groups in total. The summed E-state index contributed by atoms with van der Waals surface area (Å²) >= 11 is 1.47. The van der Waals surface area contributed by atoms with Crippen LogP contribution < -0.4 is 19.5 Å². The Bertz CT molecular complexity index is 794. The van der Waals surface area contributed by atoms with Crippen LogP contribution in [0.15, 0.2) is 48.7 Å². The molecular formula is C20H24N2O3S. The summed E-state index contributed by atoms with van der Waals surface area (Å²) in [5, 5.41) is 2.75. The minimum absolute atomic E-state index is 0.586. The van der Waals surface area contributed by atoms with Crippen molar-refractivity contribution in [2.24, 2.45) is 0 Å². The number of ether oxygens (including phenoxy) is 3. The molecule has 6 heteroatoms. The Balaban J connectivity index is 0.000000758. The third-order valence-electron chi connectivity index (χ3n) is 3.58. The first-order chi connectivity index (χ1) is 12.7. The first kappa shape index (κ1) is 19.8. The monoisotopic (exact) mass is 372 g/mol. The number of hydrogen-bond acceptors (Lipinski definition) is 6. The lowest BCUT2D eigenvalue weighted by Crippen LogP contribution is -1.95. The van der Waals surface area contributed by atoms with Crippen LogP contribution in [0.5, 0.6) is 17.2 Å². The number of aromatic nitrogens is 1. The highest BCUT2D eigenvalue weighted by molar-refractivity contribution is 7.10. The first-order valence-corrected chi connectivity index (χ1v) is 8.86. The van der Waals surface area contributed by atoms with Crippen LogP contribution in [0.3, 0.4) is 0 Å². The Kier molecular flexibility index (Phi) is 7.44. The van der Waals surface area contributed by atoms with Gasteiger partial charge >= 0.3 is 0 Å². The van der Waals surface area contributed by atoms with Gasteiger partial charge in [0.15, 0.2) is 11.5 Å². The summed E-state index contributed by atoms with van der Waals surface area (Å²) in [6.45, 7) is 0. The summed E-state index contributed by atoms with van der Waals surface area (Å²) in [6.07, 6.45) is 1.87. The fourth-order valence-electron chi connectivity index (χ4n) is 2.48. The van der Waals surface area contributed by atoms with Crippen molar-refractivity contribution < 1.29 is 14.2 Å². The van der Waals surface area contributed by atoms with Crippen LogP contribution in [-0.2, 0) is 0 Å². The first-order valence-electron chi connectivity index (χ1n) is 8.09. The SMILES string of the molecule is CNC.COc1cc(-c2cnsc2-c2ccccc2)cc(OC)c1OC. The Morgan fingerprint density at radius 3 is 1.92 bits per heavy atom. The number of methoxy groups -OCH3 is 3. The molecule has 0 aliphatic carbocycles. The van der Waals surface area contributed by atoms with Crippen LogP contribution in [0.4, 0.5) is 0 Å². The standard InChI is InChI=1S/C18H17NO3S.C2H7N/c1-20-15-9-13(10-16(21-2)17(15)22-3)14-11-19-23-18(14)12-7-5-4-6-8-12;1-3-2/h4-11H,1-3H3;3H,1-2H3. The molecule has 1 heterocycles. The van der Waals surface area contributed by atoms with Crippen LogP contribution in [0, 0.1) is 0 Å². The zero-order valence-electron chi connectivity index (χ0n) is 15.7. The van der Waals surface area contributed by atoms with Gasteiger partial charge in [0.2, 0.25) is 5.75 Å². The van der Waals surface area contributed by atoms with Crippen molar-refractivity contribution in [1.29, 1.82) is 0 Å². The molecule has 0 aliphatic rings. The van der Waals surface area contributed by atoms with Gasteiger partial charge in [0.05, 0.1) is 26.2 Å². The van der Waals surface area contributed by atoms with Crippen molar-refractivity contribution in [2.45, 2.75) is 0 Å². The van der Waals surface area contributed by atoms with Crippen molar-refractivity contribution in [1.82, 2.24) is 9.69 Å². The summed E-state index contributed by atoms with van der Waals surface area (Å²) in [6, 6.07) is 14.1. The second-order valence-corrected chi connectivity index (χ2v) is 6.15. The quantitative estimate of drug-likeness (QED) is 0.722. The van der Waals surface area contributed by atoms with Gasteiger partial charge in [-0.1, -0.05) is 30.3 Å². The molecule has 1 aromatic heterocycles. The number of benzene rings is 2. The van der Waals surface area contributed by atoms with E-state index in [1.165, 1.54) is 11.5 Å². The highest BCUT2D eigenvalue weighted by Gasteiger charge is 2.17. The largest absolute Gasteiger partial charge is 0.493 e. The van der Waals surface area contributed by atoms with E-state index in [-0.39, 0.29) is 0 Å². The molecule has 0 aliphatic heterocycles. The number of nitrogens with zero attached hydrogens (tertiary/aromatic N) is 1. The molecular weight excluding hydrogens is 348 g/mol. The van der Waals surface area contributed by atoms with Crippen LogP contribution in [0.1, 0.15) is 0 Å². The van der Waals surface area contributed by atoms with E-state index in [9.17, 15) is 0 Å². The predicted molar refractivity (Wildman–Crippen MR) is 108 cm³/mol. The summed E-state index contributed by atoms with van der Waals surface area (Å²) in [7, 11) is 8.58. The van der Waals surface area contributed by atoms with E-state index in [2.05, 4.69) is 21.8 Å². The normalized spacial score (nSPS) is 9.88. The van der Waals surface area contributed by atoms with Crippen LogP contribution in [0.2, 0.25) is 0 Å². The van der Waals surface area contributed by atoms with Crippen molar-refractivity contribution >= 4 is 11.5 Å². The van der Waals surface area contributed by atoms with Crippen LogP contribution in [0.25, 0.3) is 21.6 Å². The maximum atomic E-state index is 5.44. The lowest BCUT2D eigenvalue weighted by Gasteiger charge is -2.14. The summed E-state index contributed by atoms with van der Waals surface area (Å²) in [5.74, 6) is 1.85. The molecule has 5 nitrogen and oxygen atoms in total. The second kappa shape index (κ2) is 9.79. The van der Waals surface area contributed by atoms with Crippen LogP contribution in [-0.4, -0.2) is 39.8 Å². The van der Waals surface area contributed by atoms with E-state index in [0.29, 0.717) is 17.2 Å². The molecule has 0 saturated carbocycles. The number of rotatable bonds is 5. The molecule has 26 heavy (non-hydrogen) atoms. The van der Waals surface area contributed by atoms with Gasteiger partial charge in [0.1, 0.15) is 0 Å². The number of nitrogens with one attached hydrogen (secondary N) is 1. The minimum atomic E-state index is 0.586. The Morgan fingerprint density at radius 1 is 0.846 bits per heavy atom. The zero-order valence-corrected chi connectivity index (χ0v) is 16.5. The zero-order chi connectivity index (χ0) is 18.9. The Labute approximate surface area is 158 Å². The third-order valence-corrected chi connectivity index (χ3v) is 4.43. The number of hydrogen-bond donors (Lipinski definition) is 1. The molecule has 0 unspecified atom stereocenters. The van der Waals surface area contributed by atoms with Gasteiger partial charge in [-0.15, -0.1) is 0 Å². The molecule has 0 spiro atoms. The third kappa shape index (κ3) is 4.33.